The predicted octanol–water partition coefficient (Wildman–Crippen LogP) is 2.66. The lowest BCUT2D eigenvalue weighted by molar-refractivity contribution is 0.171. The predicted molar refractivity (Wildman–Crippen MR) is 85.4 cm³/mol. The first-order valence-electron chi connectivity index (χ1n) is 7.68. The Morgan fingerprint density at radius 3 is 2.64 bits per heavy atom. The summed E-state index contributed by atoms with van der Waals surface area (Å²) in [5.74, 6) is 1.67. The van der Waals surface area contributed by atoms with Crippen LogP contribution in [0.3, 0.4) is 0 Å². The van der Waals surface area contributed by atoms with Crippen molar-refractivity contribution in [1.29, 1.82) is 0 Å². The standard InChI is InChI=1S/C17H23N3O2/c1-11(18-10-15-12(2)19-20(4)13(15)3)14-5-6-16-17(9-14)22-8-7-21-16/h5-6,9,11,18H,7-8,10H2,1-4H3. The third-order valence-corrected chi connectivity index (χ3v) is 4.31. The van der Waals surface area contributed by atoms with Crippen LogP contribution in [-0.2, 0) is 13.6 Å². The van der Waals surface area contributed by atoms with Crippen LogP contribution in [0.1, 0.15) is 35.5 Å². The molecule has 1 atom stereocenters. The van der Waals surface area contributed by atoms with Gasteiger partial charge in [0, 0.05) is 30.9 Å². The van der Waals surface area contributed by atoms with Gasteiger partial charge in [-0.25, -0.2) is 0 Å². The van der Waals surface area contributed by atoms with Gasteiger partial charge < -0.3 is 14.8 Å². The van der Waals surface area contributed by atoms with Crippen LogP contribution in [0.25, 0.3) is 0 Å². The van der Waals surface area contributed by atoms with Gasteiger partial charge in [-0.2, -0.15) is 5.10 Å². The monoisotopic (exact) mass is 301 g/mol. The van der Waals surface area contributed by atoms with Gasteiger partial charge in [0.05, 0.1) is 5.69 Å². The number of aryl methyl sites for hydroxylation is 2. The fourth-order valence-electron chi connectivity index (χ4n) is 2.78. The Labute approximate surface area is 131 Å². The van der Waals surface area contributed by atoms with Crippen molar-refractivity contribution in [2.75, 3.05) is 13.2 Å². The lowest BCUT2D eigenvalue weighted by Gasteiger charge is -2.21. The number of rotatable bonds is 4. The second-order valence-corrected chi connectivity index (χ2v) is 5.78. The number of nitrogens with one attached hydrogen (secondary N) is 1. The summed E-state index contributed by atoms with van der Waals surface area (Å²) in [6.07, 6.45) is 0. The first kappa shape index (κ1) is 14.9. The van der Waals surface area contributed by atoms with E-state index in [1.165, 1.54) is 16.8 Å². The summed E-state index contributed by atoms with van der Waals surface area (Å²) >= 11 is 0. The smallest absolute Gasteiger partial charge is 0.161 e. The van der Waals surface area contributed by atoms with Crippen LogP contribution in [0, 0.1) is 13.8 Å². The summed E-state index contributed by atoms with van der Waals surface area (Å²) in [5.41, 5.74) is 4.76. The molecular formula is C17H23N3O2. The Hall–Kier alpha value is -2.01. The van der Waals surface area contributed by atoms with E-state index in [0.29, 0.717) is 13.2 Å². The molecule has 5 nitrogen and oxygen atoms in total. The summed E-state index contributed by atoms with van der Waals surface area (Å²) in [7, 11) is 1.98. The molecule has 1 unspecified atom stereocenters. The molecular weight excluding hydrogens is 278 g/mol. The van der Waals surface area contributed by atoms with Crippen molar-refractivity contribution in [1.82, 2.24) is 15.1 Å². The average molecular weight is 301 g/mol. The molecule has 1 aromatic heterocycles. The van der Waals surface area contributed by atoms with Crippen molar-refractivity contribution in [3.8, 4) is 11.5 Å². The van der Waals surface area contributed by atoms with Crippen molar-refractivity contribution < 1.29 is 9.47 Å². The largest absolute Gasteiger partial charge is 0.486 e. The number of ether oxygens (including phenoxy) is 2. The lowest BCUT2D eigenvalue weighted by Crippen LogP contribution is -2.20. The fraction of sp³-hybridized carbons (Fsp3) is 0.471. The van der Waals surface area contributed by atoms with E-state index in [1.807, 2.05) is 17.8 Å². The molecule has 0 fully saturated rings. The van der Waals surface area contributed by atoms with Gasteiger partial charge in [-0.05, 0) is 38.5 Å². The quantitative estimate of drug-likeness (QED) is 0.943. The van der Waals surface area contributed by atoms with E-state index in [4.69, 9.17) is 9.47 Å². The molecule has 0 aliphatic carbocycles. The maximum atomic E-state index is 5.65. The molecule has 0 amide bonds. The van der Waals surface area contributed by atoms with Crippen LogP contribution < -0.4 is 14.8 Å². The SMILES string of the molecule is Cc1nn(C)c(C)c1CNC(C)c1ccc2c(c1)OCCO2. The van der Waals surface area contributed by atoms with Crippen molar-refractivity contribution in [3.63, 3.8) is 0 Å². The van der Waals surface area contributed by atoms with Crippen molar-refractivity contribution in [3.05, 3.63) is 40.7 Å². The highest BCUT2D eigenvalue weighted by molar-refractivity contribution is 5.44. The molecule has 0 saturated heterocycles. The van der Waals surface area contributed by atoms with E-state index in [0.717, 1.165) is 23.7 Å². The average Bonchev–Trinajstić information content (AvgIpc) is 2.77. The van der Waals surface area contributed by atoms with E-state index in [2.05, 4.69) is 43.3 Å². The Morgan fingerprint density at radius 2 is 1.95 bits per heavy atom. The molecule has 0 radical (unpaired) electrons. The van der Waals surface area contributed by atoms with Gasteiger partial charge in [-0.1, -0.05) is 6.07 Å². The summed E-state index contributed by atoms with van der Waals surface area (Å²) in [5, 5.41) is 8.03. The third-order valence-electron chi connectivity index (χ3n) is 4.31. The van der Waals surface area contributed by atoms with E-state index in [1.54, 1.807) is 0 Å². The zero-order chi connectivity index (χ0) is 15.7. The number of hydrogen-bond donors (Lipinski definition) is 1. The number of fused-ring (bicyclic) bond motifs is 1. The molecule has 5 heteroatoms. The summed E-state index contributed by atoms with van der Waals surface area (Å²) in [4.78, 5) is 0. The summed E-state index contributed by atoms with van der Waals surface area (Å²) < 4.78 is 13.1. The number of nitrogens with zero attached hydrogens (tertiary/aromatic N) is 2. The van der Waals surface area contributed by atoms with E-state index in [-0.39, 0.29) is 6.04 Å². The number of hydrogen-bond acceptors (Lipinski definition) is 4. The number of aromatic nitrogens is 2. The second kappa shape index (κ2) is 6.01. The number of benzene rings is 1. The van der Waals surface area contributed by atoms with Gasteiger partial charge in [0.2, 0.25) is 0 Å². The van der Waals surface area contributed by atoms with Gasteiger partial charge in [0.1, 0.15) is 13.2 Å². The molecule has 0 bridgehead atoms. The van der Waals surface area contributed by atoms with E-state index < -0.39 is 0 Å². The van der Waals surface area contributed by atoms with Crippen LogP contribution in [0.2, 0.25) is 0 Å². The summed E-state index contributed by atoms with van der Waals surface area (Å²) in [6.45, 7) is 8.37. The van der Waals surface area contributed by atoms with Crippen LogP contribution in [0.15, 0.2) is 18.2 Å². The summed E-state index contributed by atoms with van der Waals surface area (Å²) in [6, 6.07) is 6.38. The maximum absolute atomic E-state index is 5.65. The highest BCUT2D eigenvalue weighted by atomic mass is 16.6. The molecule has 1 aromatic carbocycles. The molecule has 0 saturated carbocycles. The Bertz CT molecular complexity index is 679. The highest BCUT2D eigenvalue weighted by Crippen LogP contribution is 2.32. The maximum Gasteiger partial charge on any atom is 0.161 e. The molecule has 1 aliphatic rings. The van der Waals surface area contributed by atoms with E-state index in [9.17, 15) is 0 Å². The van der Waals surface area contributed by atoms with Crippen molar-refractivity contribution >= 4 is 0 Å². The van der Waals surface area contributed by atoms with Gasteiger partial charge >= 0.3 is 0 Å². The minimum Gasteiger partial charge on any atom is -0.486 e. The fourth-order valence-corrected chi connectivity index (χ4v) is 2.78. The Kier molecular flexibility index (Phi) is 4.07. The molecule has 0 spiro atoms. The van der Waals surface area contributed by atoms with Crippen molar-refractivity contribution in [2.24, 2.45) is 7.05 Å². The molecule has 3 rings (SSSR count). The van der Waals surface area contributed by atoms with Gasteiger partial charge in [0.25, 0.3) is 0 Å². The second-order valence-electron chi connectivity index (χ2n) is 5.78. The normalized spacial score (nSPS) is 14.9. The molecule has 118 valence electrons. The van der Waals surface area contributed by atoms with Crippen LogP contribution in [-0.4, -0.2) is 23.0 Å². The first-order valence-corrected chi connectivity index (χ1v) is 7.68. The van der Waals surface area contributed by atoms with Crippen LogP contribution in [0.4, 0.5) is 0 Å². The van der Waals surface area contributed by atoms with Gasteiger partial charge in [-0.3, -0.25) is 4.68 Å². The lowest BCUT2D eigenvalue weighted by atomic mass is 10.1. The van der Waals surface area contributed by atoms with E-state index >= 15 is 0 Å². The van der Waals surface area contributed by atoms with Gasteiger partial charge in [-0.15, -0.1) is 0 Å². The molecule has 1 aliphatic heterocycles. The molecule has 2 aromatic rings. The Morgan fingerprint density at radius 1 is 1.23 bits per heavy atom. The van der Waals surface area contributed by atoms with Crippen molar-refractivity contribution in [2.45, 2.75) is 33.4 Å². The Balaban J connectivity index is 1.70. The molecule has 2 heterocycles. The minimum absolute atomic E-state index is 0.231. The van der Waals surface area contributed by atoms with Crippen LogP contribution in [0.5, 0.6) is 11.5 Å². The first-order chi connectivity index (χ1) is 10.6. The minimum atomic E-state index is 0.231. The van der Waals surface area contributed by atoms with Gasteiger partial charge in [0.15, 0.2) is 11.5 Å². The highest BCUT2D eigenvalue weighted by Gasteiger charge is 2.15. The third kappa shape index (κ3) is 2.81. The zero-order valence-corrected chi connectivity index (χ0v) is 13.6. The molecule has 1 N–H and O–H groups in total. The topological polar surface area (TPSA) is 48.3 Å². The zero-order valence-electron chi connectivity index (χ0n) is 13.6. The molecule has 22 heavy (non-hydrogen) atoms. The van der Waals surface area contributed by atoms with Crippen LogP contribution >= 0.6 is 0 Å².